The van der Waals surface area contributed by atoms with Crippen LogP contribution in [0.2, 0.25) is 5.02 Å². The number of carbonyl (C=O) groups is 1. The third-order valence-electron chi connectivity index (χ3n) is 2.93. The molecule has 0 spiro atoms. The van der Waals surface area contributed by atoms with Gasteiger partial charge >= 0.3 is 0 Å². The zero-order valence-electron chi connectivity index (χ0n) is 9.82. The molecule has 6 heteroatoms. The van der Waals surface area contributed by atoms with Crippen molar-refractivity contribution in [3.63, 3.8) is 0 Å². The van der Waals surface area contributed by atoms with Crippen molar-refractivity contribution in [2.45, 2.75) is 18.8 Å². The number of amides is 1. The second-order valence-electron chi connectivity index (χ2n) is 4.41. The zero-order chi connectivity index (χ0) is 13.4. The van der Waals surface area contributed by atoms with Gasteiger partial charge in [0, 0.05) is 15.8 Å². The third kappa shape index (κ3) is 2.83. The molecule has 1 aromatic carbocycles. The Hall–Kier alpha value is -0.910. The first-order valence-corrected chi connectivity index (χ1v) is 7.91. The van der Waals surface area contributed by atoms with Gasteiger partial charge in [-0.1, -0.05) is 17.7 Å². The van der Waals surface area contributed by atoms with Crippen LogP contribution in [0.4, 0.5) is 5.13 Å². The molecule has 0 aliphatic heterocycles. The van der Waals surface area contributed by atoms with Crippen LogP contribution in [0.1, 0.15) is 34.8 Å². The Labute approximate surface area is 128 Å². The summed E-state index contributed by atoms with van der Waals surface area (Å²) in [6.45, 7) is 0. The van der Waals surface area contributed by atoms with Gasteiger partial charge in [0.05, 0.1) is 16.3 Å². The van der Waals surface area contributed by atoms with E-state index in [1.807, 2.05) is 5.38 Å². The lowest BCUT2D eigenvalue weighted by Gasteiger charge is -2.05. The summed E-state index contributed by atoms with van der Waals surface area (Å²) >= 11 is 10.9. The molecule has 98 valence electrons. The number of hydrogen-bond donors (Lipinski definition) is 1. The molecule has 0 radical (unpaired) electrons. The lowest BCUT2D eigenvalue weighted by atomic mass is 10.2. The Balaban J connectivity index is 1.78. The minimum absolute atomic E-state index is 0.233. The Kier molecular flexibility index (Phi) is 3.60. The number of nitrogens with zero attached hydrogens (tertiary/aromatic N) is 1. The summed E-state index contributed by atoms with van der Waals surface area (Å²) in [5.41, 5.74) is 1.53. The van der Waals surface area contributed by atoms with Gasteiger partial charge in [0.2, 0.25) is 0 Å². The molecule has 1 heterocycles. The fraction of sp³-hybridized carbons (Fsp3) is 0.231. The predicted molar refractivity (Wildman–Crippen MR) is 81.2 cm³/mol. The highest BCUT2D eigenvalue weighted by molar-refractivity contribution is 9.10. The van der Waals surface area contributed by atoms with Crippen molar-refractivity contribution < 1.29 is 4.79 Å². The molecule has 19 heavy (non-hydrogen) atoms. The first-order valence-electron chi connectivity index (χ1n) is 5.86. The summed E-state index contributed by atoms with van der Waals surface area (Å²) < 4.78 is 0.708. The van der Waals surface area contributed by atoms with Crippen LogP contribution in [-0.2, 0) is 0 Å². The van der Waals surface area contributed by atoms with Gasteiger partial charge in [-0.15, -0.1) is 11.3 Å². The Morgan fingerprint density at radius 3 is 3.00 bits per heavy atom. The Bertz CT molecular complexity index is 639. The van der Waals surface area contributed by atoms with E-state index in [0.29, 0.717) is 26.1 Å². The highest BCUT2D eigenvalue weighted by Gasteiger charge is 2.26. The number of hydrogen-bond acceptors (Lipinski definition) is 3. The Morgan fingerprint density at radius 2 is 2.26 bits per heavy atom. The van der Waals surface area contributed by atoms with E-state index in [2.05, 4.69) is 26.2 Å². The zero-order valence-corrected chi connectivity index (χ0v) is 13.0. The first-order chi connectivity index (χ1) is 9.15. The lowest BCUT2D eigenvalue weighted by Crippen LogP contribution is -2.12. The van der Waals surface area contributed by atoms with Crippen LogP contribution in [0.5, 0.6) is 0 Å². The number of rotatable bonds is 3. The number of carbonyl (C=O) groups excluding carboxylic acids is 1. The van der Waals surface area contributed by atoms with E-state index in [1.165, 1.54) is 24.2 Å². The van der Waals surface area contributed by atoms with Gasteiger partial charge in [-0.3, -0.25) is 10.1 Å². The summed E-state index contributed by atoms with van der Waals surface area (Å²) in [5.74, 6) is 0.361. The molecule has 3 rings (SSSR count). The second-order valence-corrected chi connectivity index (χ2v) is 6.50. The normalized spacial score (nSPS) is 14.4. The number of thiazole rings is 1. The summed E-state index contributed by atoms with van der Waals surface area (Å²) in [4.78, 5) is 16.6. The molecule has 0 atom stereocenters. The van der Waals surface area contributed by atoms with E-state index in [9.17, 15) is 4.79 Å². The smallest absolute Gasteiger partial charge is 0.258 e. The summed E-state index contributed by atoms with van der Waals surface area (Å²) in [5, 5.41) is 5.85. The second kappa shape index (κ2) is 5.23. The van der Waals surface area contributed by atoms with Crippen molar-refractivity contribution in [3.8, 4) is 0 Å². The van der Waals surface area contributed by atoms with Gasteiger partial charge in [-0.25, -0.2) is 4.98 Å². The lowest BCUT2D eigenvalue weighted by molar-refractivity contribution is 0.102. The van der Waals surface area contributed by atoms with Crippen LogP contribution in [-0.4, -0.2) is 10.9 Å². The number of halogens is 2. The summed E-state index contributed by atoms with van der Waals surface area (Å²) in [7, 11) is 0. The van der Waals surface area contributed by atoms with Crippen LogP contribution in [0.3, 0.4) is 0 Å². The molecule has 1 saturated carbocycles. The van der Waals surface area contributed by atoms with Crippen molar-refractivity contribution in [2.24, 2.45) is 0 Å². The molecule has 1 fully saturated rings. The van der Waals surface area contributed by atoms with Crippen molar-refractivity contribution in [1.82, 2.24) is 4.98 Å². The van der Waals surface area contributed by atoms with E-state index in [-0.39, 0.29) is 5.91 Å². The average Bonchev–Trinajstić information content (AvgIpc) is 3.14. The van der Waals surface area contributed by atoms with Gasteiger partial charge < -0.3 is 0 Å². The number of aromatic nitrogens is 1. The molecular weight excluding hydrogens is 348 g/mol. The SMILES string of the molecule is O=C(Nc1nc(C2CC2)cs1)c1cccc(Br)c1Cl. The molecule has 1 aliphatic rings. The van der Waals surface area contributed by atoms with Gasteiger partial charge in [0.1, 0.15) is 0 Å². The van der Waals surface area contributed by atoms with E-state index < -0.39 is 0 Å². The van der Waals surface area contributed by atoms with Crippen LogP contribution < -0.4 is 5.32 Å². The first kappa shape index (κ1) is 13.1. The number of nitrogens with one attached hydrogen (secondary N) is 1. The predicted octanol–water partition coefficient (Wildman–Crippen LogP) is 4.69. The number of benzene rings is 1. The minimum Gasteiger partial charge on any atom is -0.298 e. The van der Waals surface area contributed by atoms with Crippen LogP contribution in [0, 0.1) is 0 Å². The van der Waals surface area contributed by atoms with Gasteiger partial charge in [-0.05, 0) is 40.9 Å². The fourth-order valence-electron chi connectivity index (χ4n) is 1.75. The number of anilines is 1. The monoisotopic (exact) mass is 356 g/mol. The van der Waals surface area contributed by atoms with Crippen molar-refractivity contribution in [3.05, 3.63) is 44.3 Å². The summed E-state index contributed by atoms with van der Waals surface area (Å²) in [6.07, 6.45) is 2.41. The molecule has 1 N–H and O–H groups in total. The molecule has 0 saturated heterocycles. The summed E-state index contributed by atoms with van der Waals surface area (Å²) in [6, 6.07) is 5.27. The maximum absolute atomic E-state index is 12.1. The molecule has 1 amide bonds. The standard InChI is InChI=1S/C13H10BrClN2OS/c14-9-3-1-2-8(11(9)15)12(18)17-13-16-10(6-19-13)7-4-5-7/h1-3,6-7H,4-5H2,(H,16,17,18). The average molecular weight is 358 g/mol. The molecule has 3 nitrogen and oxygen atoms in total. The van der Waals surface area contributed by atoms with Gasteiger partial charge in [-0.2, -0.15) is 0 Å². The van der Waals surface area contributed by atoms with Crippen LogP contribution >= 0.6 is 38.9 Å². The Morgan fingerprint density at radius 1 is 1.47 bits per heavy atom. The van der Waals surface area contributed by atoms with Crippen molar-refractivity contribution in [2.75, 3.05) is 5.32 Å². The highest BCUT2D eigenvalue weighted by Crippen LogP contribution is 2.41. The van der Waals surface area contributed by atoms with Crippen LogP contribution in [0.15, 0.2) is 28.1 Å². The van der Waals surface area contributed by atoms with E-state index >= 15 is 0 Å². The molecule has 1 aliphatic carbocycles. The molecule has 0 bridgehead atoms. The van der Waals surface area contributed by atoms with Gasteiger partial charge in [0.25, 0.3) is 5.91 Å². The van der Waals surface area contributed by atoms with Crippen molar-refractivity contribution in [1.29, 1.82) is 0 Å². The quantitative estimate of drug-likeness (QED) is 0.866. The highest BCUT2D eigenvalue weighted by atomic mass is 79.9. The van der Waals surface area contributed by atoms with Crippen LogP contribution in [0.25, 0.3) is 0 Å². The van der Waals surface area contributed by atoms with E-state index in [4.69, 9.17) is 11.6 Å². The maximum Gasteiger partial charge on any atom is 0.258 e. The molecule has 2 aromatic rings. The van der Waals surface area contributed by atoms with E-state index in [0.717, 1.165) is 5.69 Å². The third-order valence-corrected chi connectivity index (χ3v) is 5.01. The molecule has 1 aromatic heterocycles. The maximum atomic E-state index is 12.1. The topological polar surface area (TPSA) is 42.0 Å². The molecular formula is C13H10BrClN2OS. The molecule has 0 unspecified atom stereocenters. The largest absolute Gasteiger partial charge is 0.298 e. The fourth-order valence-corrected chi connectivity index (χ4v) is 3.12. The van der Waals surface area contributed by atoms with Crippen molar-refractivity contribution >= 4 is 49.9 Å². The van der Waals surface area contributed by atoms with Gasteiger partial charge in [0.15, 0.2) is 5.13 Å². The van der Waals surface area contributed by atoms with E-state index in [1.54, 1.807) is 18.2 Å². The minimum atomic E-state index is -0.233.